The van der Waals surface area contributed by atoms with Gasteiger partial charge in [-0.15, -0.1) is 0 Å². The lowest BCUT2D eigenvalue weighted by atomic mass is 10.1. The second-order valence-corrected chi connectivity index (χ2v) is 4.71. The molecule has 0 aliphatic carbocycles. The maximum atomic E-state index is 13.7. The van der Waals surface area contributed by atoms with Crippen LogP contribution in [0.5, 0.6) is 5.75 Å². The van der Waals surface area contributed by atoms with Crippen LogP contribution in [0.2, 0.25) is 5.02 Å². The molecule has 1 atom stereocenters. The molecule has 0 aromatic heterocycles. The Balaban J connectivity index is 2.29. The predicted molar refractivity (Wildman–Crippen MR) is 75.0 cm³/mol. The van der Waals surface area contributed by atoms with E-state index in [1.165, 1.54) is 6.07 Å². The summed E-state index contributed by atoms with van der Waals surface area (Å²) in [4.78, 5) is 0. The van der Waals surface area contributed by atoms with Gasteiger partial charge < -0.3 is 10.5 Å². The van der Waals surface area contributed by atoms with E-state index in [0.29, 0.717) is 16.3 Å². The Morgan fingerprint density at radius 3 is 2.68 bits per heavy atom. The molecule has 0 radical (unpaired) electrons. The lowest BCUT2D eigenvalue weighted by Gasteiger charge is -2.19. The smallest absolute Gasteiger partial charge is 0.139 e. The molecule has 2 rings (SSSR count). The summed E-state index contributed by atoms with van der Waals surface area (Å²) in [5, 5.41) is 0.574. The minimum absolute atomic E-state index is 0.187. The number of benzene rings is 2. The zero-order chi connectivity index (χ0) is 13.8. The third-order valence-corrected chi connectivity index (χ3v) is 3.12. The summed E-state index contributed by atoms with van der Waals surface area (Å²) in [7, 11) is 0. The Morgan fingerprint density at radius 2 is 2.00 bits per heavy atom. The van der Waals surface area contributed by atoms with E-state index in [9.17, 15) is 4.39 Å². The van der Waals surface area contributed by atoms with Crippen molar-refractivity contribution in [3.05, 3.63) is 64.4 Å². The van der Waals surface area contributed by atoms with Gasteiger partial charge in [0.2, 0.25) is 0 Å². The molecule has 19 heavy (non-hydrogen) atoms. The molecule has 2 N–H and O–H groups in total. The SMILES string of the molecule is Cc1ccc(Cl)cc1OC(CN)c1ccccc1F. The van der Waals surface area contributed by atoms with Crippen LogP contribution in [0.3, 0.4) is 0 Å². The average Bonchev–Trinajstić information content (AvgIpc) is 2.41. The number of ether oxygens (including phenoxy) is 1. The summed E-state index contributed by atoms with van der Waals surface area (Å²) >= 11 is 5.94. The highest BCUT2D eigenvalue weighted by Crippen LogP contribution is 2.28. The normalized spacial score (nSPS) is 12.2. The van der Waals surface area contributed by atoms with Crippen LogP contribution in [-0.4, -0.2) is 6.54 Å². The van der Waals surface area contributed by atoms with Crippen molar-refractivity contribution in [2.24, 2.45) is 5.73 Å². The van der Waals surface area contributed by atoms with Crippen molar-refractivity contribution in [3.8, 4) is 5.75 Å². The fourth-order valence-electron chi connectivity index (χ4n) is 1.83. The van der Waals surface area contributed by atoms with Crippen molar-refractivity contribution >= 4 is 11.6 Å². The molecule has 100 valence electrons. The summed E-state index contributed by atoms with van der Waals surface area (Å²) in [6, 6.07) is 11.8. The molecule has 2 nitrogen and oxygen atoms in total. The van der Waals surface area contributed by atoms with Gasteiger partial charge in [0.1, 0.15) is 17.7 Å². The number of hydrogen-bond donors (Lipinski definition) is 1. The second-order valence-electron chi connectivity index (χ2n) is 4.27. The van der Waals surface area contributed by atoms with Gasteiger partial charge in [-0.05, 0) is 30.7 Å². The highest BCUT2D eigenvalue weighted by atomic mass is 35.5. The van der Waals surface area contributed by atoms with Crippen LogP contribution in [0, 0.1) is 12.7 Å². The molecule has 2 aromatic carbocycles. The van der Waals surface area contributed by atoms with Crippen LogP contribution < -0.4 is 10.5 Å². The summed E-state index contributed by atoms with van der Waals surface area (Å²) in [5.41, 5.74) is 7.06. The molecule has 0 saturated carbocycles. The van der Waals surface area contributed by atoms with E-state index >= 15 is 0 Å². The topological polar surface area (TPSA) is 35.2 Å². The molecule has 0 spiro atoms. The van der Waals surface area contributed by atoms with Gasteiger partial charge >= 0.3 is 0 Å². The highest BCUT2D eigenvalue weighted by Gasteiger charge is 2.16. The Hall–Kier alpha value is -1.58. The number of nitrogens with two attached hydrogens (primary N) is 1. The molecular formula is C15H15ClFNO. The highest BCUT2D eigenvalue weighted by molar-refractivity contribution is 6.30. The Morgan fingerprint density at radius 1 is 1.26 bits per heavy atom. The van der Waals surface area contributed by atoms with Crippen LogP contribution in [0.25, 0.3) is 0 Å². The molecule has 0 amide bonds. The van der Waals surface area contributed by atoms with Crippen LogP contribution in [-0.2, 0) is 0 Å². The maximum Gasteiger partial charge on any atom is 0.139 e. The molecule has 1 unspecified atom stereocenters. The van der Waals surface area contributed by atoms with Crippen molar-refractivity contribution in [1.29, 1.82) is 0 Å². The Labute approximate surface area is 117 Å². The summed E-state index contributed by atoms with van der Waals surface area (Å²) in [6.45, 7) is 2.09. The molecular weight excluding hydrogens is 265 g/mol. The lowest BCUT2D eigenvalue weighted by molar-refractivity contribution is 0.207. The minimum atomic E-state index is -0.529. The third-order valence-electron chi connectivity index (χ3n) is 2.89. The van der Waals surface area contributed by atoms with Crippen LogP contribution in [0.4, 0.5) is 4.39 Å². The van der Waals surface area contributed by atoms with Gasteiger partial charge in [-0.1, -0.05) is 35.9 Å². The second kappa shape index (κ2) is 6.04. The first-order valence-electron chi connectivity index (χ1n) is 5.99. The zero-order valence-corrected chi connectivity index (χ0v) is 11.3. The summed E-state index contributed by atoms with van der Waals surface area (Å²) in [6.07, 6.45) is -0.529. The number of hydrogen-bond acceptors (Lipinski definition) is 2. The van der Waals surface area contributed by atoms with Crippen LogP contribution >= 0.6 is 11.6 Å². The quantitative estimate of drug-likeness (QED) is 0.922. The molecule has 0 saturated heterocycles. The van der Waals surface area contributed by atoms with Crippen molar-refractivity contribution in [3.63, 3.8) is 0 Å². The van der Waals surface area contributed by atoms with Crippen molar-refractivity contribution < 1.29 is 9.13 Å². The van der Waals surface area contributed by atoms with E-state index in [-0.39, 0.29) is 12.4 Å². The zero-order valence-electron chi connectivity index (χ0n) is 10.6. The maximum absolute atomic E-state index is 13.7. The standard InChI is InChI=1S/C15H15ClFNO/c1-10-6-7-11(16)8-14(10)19-15(9-18)12-4-2-3-5-13(12)17/h2-8,15H,9,18H2,1H3. The van der Waals surface area contributed by atoms with Crippen molar-refractivity contribution in [2.75, 3.05) is 6.54 Å². The fourth-order valence-corrected chi connectivity index (χ4v) is 1.99. The van der Waals surface area contributed by atoms with Crippen LogP contribution in [0.15, 0.2) is 42.5 Å². The van der Waals surface area contributed by atoms with Gasteiger partial charge in [0.25, 0.3) is 0 Å². The first kappa shape index (κ1) is 13.8. The summed E-state index contributed by atoms with van der Waals surface area (Å²) in [5.74, 6) is 0.295. The number of aryl methyl sites for hydroxylation is 1. The molecule has 0 bridgehead atoms. The van der Waals surface area contributed by atoms with E-state index in [1.807, 2.05) is 13.0 Å². The van der Waals surface area contributed by atoms with E-state index in [4.69, 9.17) is 22.1 Å². The van der Waals surface area contributed by atoms with Gasteiger partial charge in [0.05, 0.1) is 0 Å². The lowest BCUT2D eigenvalue weighted by Crippen LogP contribution is -2.20. The van der Waals surface area contributed by atoms with Crippen molar-refractivity contribution in [2.45, 2.75) is 13.0 Å². The molecule has 0 aliphatic rings. The molecule has 2 aromatic rings. The average molecular weight is 280 g/mol. The first-order valence-corrected chi connectivity index (χ1v) is 6.37. The van der Waals surface area contributed by atoms with E-state index in [1.54, 1.807) is 30.3 Å². The van der Waals surface area contributed by atoms with E-state index in [2.05, 4.69) is 0 Å². The number of halogens is 2. The monoisotopic (exact) mass is 279 g/mol. The van der Waals surface area contributed by atoms with Gasteiger partial charge in [-0.25, -0.2) is 4.39 Å². The first-order chi connectivity index (χ1) is 9.11. The fraction of sp³-hybridized carbons (Fsp3) is 0.200. The summed E-state index contributed by atoms with van der Waals surface area (Å²) < 4.78 is 19.5. The minimum Gasteiger partial charge on any atom is -0.484 e. The Bertz CT molecular complexity index is 574. The third kappa shape index (κ3) is 3.25. The largest absolute Gasteiger partial charge is 0.484 e. The van der Waals surface area contributed by atoms with Gasteiger partial charge in [-0.2, -0.15) is 0 Å². The molecule has 4 heteroatoms. The van der Waals surface area contributed by atoms with E-state index in [0.717, 1.165) is 5.56 Å². The molecule has 0 heterocycles. The van der Waals surface area contributed by atoms with Gasteiger partial charge in [0.15, 0.2) is 0 Å². The Kier molecular flexibility index (Phi) is 4.40. The predicted octanol–water partition coefficient (Wildman–Crippen LogP) is 3.87. The number of rotatable bonds is 4. The van der Waals surface area contributed by atoms with Crippen LogP contribution in [0.1, 0.15) is 17.2 Å². The van der Waals surface area contributed by atoms with Crippen molar-refractivity contribution in [1.82, 2.24) is 0 Å². The van der Waals surface area contributed by atoms with Gasteiger partial charge in [0, 0.05) is 17.1 Å². The van der Waals surface area contributed by atoms with E-state index < -0.39 is 6.10 Å². The van der Waals surface area contributed by atoms with Gasteiger partial charge in [-0.3, -0.25) is 0 Å². The molecule has 0 fully saturated rings. The molecule has 0 aliphatic heterocycles.